The van der Waals surface area contributed by atoms with Gasteiger partial charge in [-0.15, -0.1) is 10.2 Å². The van der Waals surface area contributed by atoms with Crippen LogP contribution < -0.4 is 10.5 Å². The van der Waals surface area contributed by atoms with E-state index in [0.29, 0.717) is 48.2 Å². The highest BCUT2D eigenvalue weighted by atomic mass is 16.5. The van der Waals surface area contributed by atoms with Crippen molar-refractivity contribution in [2.75, 3.05) is 25.4 Å². The molecule has 1 fully saturated rings. The van der Waals surface area contributed by atoms with E-state index in [-0.39, 0.29) is 47.7 Å². The minimum Gasteiger partial charge on any atom is -0.507 e. The van der Waals surface area contributed by atoms with Crippen molar-refractivity contribution in [1.82, 2.24) is 30.0 Å². The van der Waals surface area contributed by atoms with Gasteiger partial charge in [-0.1, -0.05) is 26.0 Å². The number of carbonyl (C=O) groups excluding carboxylic acids is 1. The van der Waals surface area contributed by atoms with Crippen LogP contribution in [0, 0.1) is 5.92 Å². The number of carbonyl (C=O) groups is 2. The zero-order valence-corrected chi connectivity index (χ0v) is 21.5. The number of para-hydroxylation sites is 1. The van der Waals surface area contributed by atoms with Crippen LogP contribution >= 0.6 is 0 Å². The summed E-state index contributed by atoms with van der Waals surface area (Å²) in [5.74, 6) is -1.66. The van der Waals surface area contributed by atoms with Crippen LogP contribution in [0.15, 0.2) is 40.9 Å². The third kappa shape index (κ3) is 5.19. The molecule has 204 valence electrons. The number of ether oxygens (including phenoxy) is 1. The van der Waals surface area contributed by atoms with Crippen LogP contribution in [0.1, 0.15) is 44.4 Å². The lowest BCUT2D eigenvalue weighted by Crippen LogP contribution is -2.41. The number of phenolic OH excluding ortho intramolecular Hbond substituents is 1. The largest absolute Gasteiger partial charge is 0.507 e. The zero-order valence-electron chi connectivity index (χ0n) is 21.5. The Morgan fingerprint density at radius 1 is 1.18 bits per heavy atom. The lowest BCUT2D eigenvalue weighted by molar-refractivity contribution is -0.140. The SMILES string of the molecule is CC(C)C(C(=O)O)c1cc(OCC(=O)N2CCC(n3nc(N)c4nnc(-c5ccccc5O)cc43)CC2)no1. The Morgan fingerprint density at radius 2 is 1.92 bits per heavy atom. The minimum atomic E-state index is -1.01. The number of nitrogens with two attached hydrogens (primary N) is 1. The predicted octanol–water partition coefficient (Wildman–Crippen LogP) is 2.84. The van der Waals surface area contributed by atoms with Gasteiger partial charge in [-0.25, -0.2) is 0 Å². The van der Waals surface area contributed by atoms with E-state index in [4.69, 9.17) is 15.0 Å². The second-order valence-electron chi connectivity index (χ2n) is 9.84. The fourth-order valence-electron chi connectivity index (χ4n) is 4.87. The maximum atomic E-state index is 12.8. The summed E-state index contributed by atoms with van der Waals surface area (Å²) in [4.78, 5) is 26.0. The molecule has 39 heavy (non-hydrogen) atoms. The summed E-state index contributed by atoms with van der Waals surface area (Å²) < 4.78 is 12.5. The molecule has 0 radical (unpaired) electrons. The Morgan fingerprint density at radius 3 is 2.62 bits per heavy atom. The fourth-order valence-corrected chi connectivity index (χ4v) is 4.87. The van der Waals surface area contributed by atoms with Crippen LogP contribution in [-0.2, 0) is 9.59 Å². The first-order valence-corrected chi connectivity index (χ1v) is 12.6. The molecule has 0 aliphatic carbocycles. The number of nitrogen functional groups attached to an aromatic ring is 1. The molecule has 13 heteroatoms. The number of phenols is 1. The molecule has 1 aliphatic rings. The van der Waals surface area contributed by atoms with Crippen molar-refractivity contribution in [3.63, 3.8) is 0 Å². The van der Waals surface area contributed by atoms with Gasteiger partial charge in [0, 0.05) is 24.7 Å². The van der Waals surface area contributed by atoms with Gasteiger partial charge in [-0.2, -0.15) is 5.10 Å². The smallest absolute Gasteiger partial charge is 0.314 e. The van der Waals surface area contributed by atoms with E-state index < -0.39 is 11.9 Å². The van der Waals surface area contributed by atoms with Gasteiger partial charge in [-0.05, 0) is 42.1 Å². The number of anilines is 1. The van der Waals surface area contributed by atoms with Gasteiger partial charge in [0.05, 0.1) is 17.3 Å². The third-order valence-electron chi connectivity index (χ3n) is 6.91. The maximum Gasteiger partial charge on any atom is 0.314 e. The Bertz CT molecular complexity index is 1510. The van der Waals surface area contributed by atoms with Gasteiger partial charge in [0.15, 0.2) is 23.7 Å². The summed E-state index contributed by atoms with van der Waals surface area (Å²) in [5, 5.41) is 36.4. The van der Waals surface area contributed by atoms with Crippen LogP contribution in [0.2, 0.25) is 0 Å². The Labute approximate surface area is 223 Å². The van der Waals surface area contributed by atoms with Gasteiger partial charge in [0.25, 0.3) is 11.8 Å². The number of aromatic hydroxyl groups is 1. The number of benzene rings is 1. The van der Waals surface area contributed by atoms with Crippen LogP contribution in [-0.4, -0.2) is 71.8 Å². The Hall–Kier alpha value is -4.68. The second kappa shape index (κ2) is 10.6. The number of carboxylic acid groups (broad SMARTS) is 1. The van der Waals surface area contributed by atoms with Crippen molar-refractivity contribution >= 4 is 28.7 Å². The van der Waals surface area contributed by atoms with E-state index in [1.54, 1.807) is 36.9 Å². The predicted molar refractivity (Wildman–Crippen MR) is 139 cm³/mol. The quantitative estimate of drug-likeness (QED) is 0.301. The summed E-state index contributed by atoms with van der Waals surface area (Å²) in [6.45, 7) is 4.27. The molecule has 13 nitrogen and oxygen atoms in total. The molecule has 4 N–H and O–H groups in total. The number of aromatic nitrogens is 5. The molecular formula is C26H29N7O6. The number of hydrogen-bond acceptors (Lipinski definition) is 10. The lowest BCUT2D eigenvalue weighted by atomic mass is 9.94. The molecule has 1 aromatic carbocycles. The number of aliphatic carboxylic acids is 1. The number of rotatable bonds is 8. The molecule has 1 aliphatic heterocycles. The highest BCUT2D eigenvalue weighted by molar-refractivity contribution is 5.87. The monoisotopic (exact) mass is 535 g/mol. The first kappa shape index (κ1) is 25.9. The number of carboxylic acids is 1. The third-order valence-corrected chi connectivity index (χ3v) is 6.91. The lowest BCUT2D eigenvalue weighted by Gasteiger charge is -2.32. The van der Waals surface area contributed by atoms with Crippen molar-refractivity contribution in [2.24, 2.45) is 5.92 Å². The van der Waals surface area contributed by atoms with Crippen molar-refractivity contribution in [3.8, 4) is 22.9 Å². The number of fused-ring (bicyclic) bond motifs is 1. The van der Waals surface area contributed by atoms with Crippen molar-refractivity contribution in [3.05, 3.63) is 42.2 Å². The van der Waals surface area contributed by atoms with E-state index in [0.717, 1.165) is 0 Å². The summed E-state index contributed by atoms with van der Waals surface area (Å²) >= 11 is 0. The van der Waals surface area contributed by atoms with Crippen LogP contribution in [0.5, 0.6) is 11.6 Å². The molecule has 0 bridgehead atoms. The van der Waals surface area contributed by atoms with Crippen molar-refractivity contribution in [2.45, 2.75) is 38.6 Å². The normalized spacial score (nSPS) is 15.1. The van der Waals surface area contributed by atoms with Gasteiger partial charge in [0.2, 0.25) is 0 Å². The molecule has 0 spiro atoms. The zero-order chi connectivity index (χ0) is 27.7. The summed E-state index contributed by atoms with van der Waals surface area (Å²) in [7, 11) is 0. The molecule has 5 rings (SSSR count). The molecule has 0 saturated carbocycles. The highest BCUT2D eigenvalue weighted by Gasteiger charge is 2.30. The summed E-state index contributed by atoms with van der Waals surface area (Å²) in [6, 6.07) is 10.1. The van der Waals surface area contributed by atoms with Crippen LogP contribution in [0.25, 0.3) is 22.3 Å². The average molecular weight is 536 g/mol. The van der Waals surface area contributed by atoms with Crippen LogP contribution in [0.3, 0.4) is 0 Å². The minimum absolute atomic E-state index is 0.0155. The first-order valence-electron chi connectivity index (χ1n) is 12.6. The number of piperidine rings is 1. The molecule has 1 saturated heterocycles. The molecule has 4 heterocycles. The van der Waals surface area contributed by atoms with E-state index >= 15 is 0 Å². The maximum absolute atomic E-state index is 12.8. The van der Waals surface area contributed by atoms with Gasteiger partial charge < -0.3 is 30.1 Å². The van der Waals surface area contributed by atoms with Crippen LogP contribution in [0.4, 0.5) is 5.82 Å². The molecule has 1 atom stereocenters. The van der Waals surface area contributed by atoms with Gasteiger partial charge >= 0.3 is 5.97 Å². The average Bonchev–Trinajstić information content (AvgIpc) is 3.51. The molecule has 1 unspecified atom stereocenters. The van der Waals surface area contributed by atoms with Gasteiger partial charge in [0.1, 0.15) is 11.7 Å². The standard InChI is InChI=1S/C26H29N7O6/c1-14(2)23(26(36)37)20-12-21(31-39-20)38-13-22(35)32-9-7-15(8-10-32)33-18-11-17(16-5-3-4-6-19(16)34)28-29-24(18)25(27)30-33/h3-6,11-12,14-15,23,34H,7-10,13H2,1-2H3,(H2,27,30)(H,36,37). The Kier molecular flexibility index (Phi) is 7.05. The molecular weight excluding hydrogens is 506 g/mol. The van der Waals surface area contributed by atoms with Crippen molar-refractivity contribution in [1.29, 1.82) is 0 Å². The second-order valence-corrected chi connectivity index (χ2v) is 9.84. The first-order chi connectivity index (χ1) is 18.7. The highest BCUT2D eigenvalue weighted by Crippen LogP contribution is 2.33. The van der Waals surface area contributed by atoms with Crippen molar-refractivity contribution < 1.29 is 29.1 Å². The van der Waals surface area contributed by atoms with E-state index in [2.05, 4.69) is 20.5 Å². The summed E-state index contributed by atoms with van der Waals surface area (Å²) in [5.41, 5.74) is 8.36. The molecule has 3 aromatic heterocycles. The van der Waals surface area contributed by atoms with Gasteiger partial charge in [-0.3, -0.25) is 14.3 Å². The Balaban J connectivity index is 1.23. The van der Waals surface area contributed by atoms with E-state index in [1.165, 1.54) is 6.07 Å². The topological polar surface area (TPSA) is 183 Å². The van der Waals surface area contributed by atoms with E-state index in [9.17, 15) is 19.8 Å². The van der Waals surface area contributed by atoms with E-state index in [1.807, 2.05) is 16.8 Å². The number of hydrogen-bond donors (Lipinski definition) is 3. The number of nitrogens with zero attached hydrogens (tertiary/aromatic N) is 6. The number of amides is 1. The summed E-state index contributed by atoms with van der Waals surface area (Å²) in [6.07, 6.45) is 1.28. The number of likely N-dealkylation sites (tertiary alicyclic amines) is 1. The molecule has 4 aromatic rings. The molecule has 1 amide bonds. The fraction of sp³-hybridized carbons (Fsp3) is 0.385.